The molecule has 2 aromatic rings. The van der Waals surface area contributed by atoms with Crippen LogP contribution in [0.1, 0.15) is 57.8 Å². The Bertz CT molecular complexity index is 956. The molecule has 1 N–H and O–H groups in total. The summed E-state index contributed by atoms with van der Waals surface area (Å²) in [5.74, 6) is -0.238. The summed E-state index contributed by atoms with van der Waals surface area (Å²) in [5, 5.41) is 7.37. The molecule has 2 fully saturated rings. The molecule has 1 aromatic carbocycles. The summed E-state index contributed by atoms with van der Waals surface area (Å²) in [6, 6.07) is 6.01. The first-order chi connectivity index (χ1) is 14.1. The lowest BCUT2D eigenvalue weighted by atomic mass is 9.83. The molecule has 6 nitrogen and oxygen atoms in total. The molecule has 2 atom stereocenters. The first kappa shape index (κ1) is 18.3. The maximum atomic E-state index is 13.5. The van der Waals surface area contributed by atoms with E-state index >= 15 is 0 Å². The number of aromatic amines is 1. The summed E-state index contributed by atoms with van der Waals surface area (Å²) in [4.78, 5) is 29.9. The molecule has 2 amide bonds. The Morgan fingerprint density at radius 3 is 2.86 bits per heavy atom. The average Bonchev–Trinajstić information content (AvgIpc) is 3.36. The highest BCUT2D eigenvalue weighted by Gasteiger charge is 2.41. The molecule has 0 spiro atoms. The number of carbonyl (C=O) groups excluding carboxylic acids is 2. The van der Waals surface area contributed by atoms with E-state index in [0.717, 1.165) is 56.3 Å². The molecule has 0 unspecified atom stereocenters. The SMILES string of the molecule is O=C(c1cccc(F)c1)N1CC[C@H]2[C@H](CCCN2C(=O)c2n[nH]c3c2CCC3)C1. The van der Waals surface area contributed by atoms with Crippen molar-refractivity contribution in [1.29, 1.82) is 0 Å². The molecule has 0 radical (unpaired) electrons. The number of H-pyrrole nitrogens is 1. The van der Waals surface area contributed by atoms with E-state index in [1.807, 2.05) is 9.80 Å². The maximum absolute atomic E-state index is 13.5. The highest BCUT2D eigenvalue weighted by atomic mass is 19.1. The standard InChI is InChI=1S/C22H25FN4O2/c23-16-6-1-4-14(12-16)21(28)26-11-9-19-15(13-26)5-3-10-27(19)22(29)20-17-7-2-8-18(17)24-25-20/h1,4,6,12,15,19H,2-3,5,7-11,13H2,(H,24,25)/t15-,19+/m1/s1. The second kappa shape index (κ2) is 7.28. The highest BCUT2D eigenvalue weighted by molar-refractivity contribution is 5.95. The molecule has 2 aliphatic heterocycles. The Labute approximate surface area is 169 Å². The number of aryl methyl sites for hydroxylation is 1. The van der Waals surface area contributed by atoms with Gasteiger partial charge in [0.1, 0.15) is 5.82 Å². The zero-order chi connectivity index (χ0) is 20.0. The van der Waals surface area contributed by atoms with Crippen LogP contribution in [0, 0.1) is 11.7 Å². The van der Waals surface area contributed by atoms with Gasteiger partial charge >= 0.3 is 0 Å². The fraction of sp³-hybridized carbons (Fsp3) is 0.500. The van der Waals surface area contributed by atoms with E-state index in [4.69, 9.17) is 0 Å². The second-order valence-electron chi connectivity index (χ2n) is 8.40. The van der Waals surface area contributed by atoms with E-state index < -0.39 is 5.82 Å². The molecule has 5 rings (SSSR count). The van der Waals surface area contributed by atoms with Crippen LogP contribution in [-0.4, -0.2) is 57.5 Å². The van der Waals surface area contributed by atoms with Gasteiger partial charge in [-0.05, 0) is 62.6 Å². The molecule has 1 aromatic heterocycles. The van der Waals surface area contributed by atoms with Gasteiger partial charge in [0.25, 0.3) is 11.8 Å². The Kier molecular flexibility index (Phi) is 4.60. The molecule has 0 saturated carbocycles. The predicted octanol–water partition coefficient (Wildman–Crippen LogP) is 2.80. The normalized spacial score (nSPS) is 23.6. The van der Waals surface area contributed by atoms with Crippen LogP contribution in [-0.2, 0) is 12.8 Å². The van der Waals surface area contributed by atoms with Gasteiger partial charge in [0.15, 0.2) is 5.69 Å². The van der Waals surface area contributed by atoms with Crippen molar-refractivity contribution in [3.8, 4) is 0 Å². The van der Waals surface area contributed by atoms with Gasteiger partial charge in [-0.2, -0.15) is 5.10 Å². The largest absolute Gasteiger partial charge is 0.338 e. The number of amides is 2. The van der Waals surface area contributed by atoms with Crippen molar-refractivity contribution in [2.75, 3.05) is 19.6 Å². The lowest BCUT2D eigenvalue weighted by molar-refractivity contribution is 0.0193. The summed E-state index contributed by atoms with van der Waals surface area (Å²) in [6.07, 6.45) is 5.66. The van der Waals surface area contributed by atoms with Gasteiger partial charge in [0, 0.05) is 42.5 Å². The number of nitrogens with zero attached hydrogens (tertiary/aromatic N) is 3. The van der Waals surface area contributed by atoms with Crippen LogP contribution >= 0.6 is 0 Å². The first-order valence-electron chi connectivity index (χ1n) is 10.5. The Hall–Kier alpha value is -2.70. The number of likely N-dealkylation sites (tertiary alicyclic amines) is 2. The number of rotatable bonds is 2. The number of nitrogens with one attached hydrogen (secondary N) is 1. The third kappa shape index (κ3) is 3.22. The van der Waals surface area contributed by atoms with E-state index in [9.17, 15) is 14.0 Å². The maximum Gasteiger partial charge on any atom is 0.274 e. The number of piperidine rings is 2. The van der Waals surface area contributed by atoms with E-state index in [-0.39, 0.29) is 23.8 Å². The summed E-state index contributed by atoms with van der Waals surface area (Å²) in [7, 11) is 0. The summed E-state index contributed by atoms with van der Waals surface area (Å²) < 4.78 is 13.5. The Morgan fingerprint density at radius 2 is 2.00 bits per heavy atom. The molecule has 7 heteroatoms. The molecule has 3 heterocycles. The number of carbonyl (C=O) groups is 2. The van der Waals surface area contributed by atoms with Crippen LogP contribution in [0.2, 0.25) is 0 Å². The number of halogens is 1. The Balaban J connectivity index is 1.31. The van der Waals surface area contributed by atoms with Gasteiger partial charge in [0.05, 0.1) is 0 Å². The van der Waals surface area contributed by atoms with E-state index in [2.05, 4.69) is 10.2 Å². The highest BCUT2D eigenvalue weighted by Crippen LogP contribution is 2.33. The summed E-state index contributed by atoms with van der Waals surface area (Å²) in [5.41, 5.74) is 3.18. The van der Waals surface area contributed by atoms with Crippen LogP contribution in [0.15, 0.2) is 24.3 Å². The molecular weight excluding hydrogens is 371 g/mol. The summed E-state index contributed by atoms with van der Waals surface area (Å²) >= 11 is 0. The van der Waals surface area contributed by atoms with Crippen molar-refractivity contribution in [3.05, 3.63) is 52.6 Å². The first-order valence-corrected chi connectivity index (χ1v) is 10.5. The van der Waals surface area contributed by atoms with Gasteiger partial charge in [0.2, 0.25) is 0 Å². The number of aromatic nitrogens is 2. The van der Waals surface area contributed by atoms with Crippen molar-refractivity contribution in [2.45, 2.75) is 44.6 Å². The van der Waals surface area contributed by atoms with Crippen molar-refractivity contribution in [1.82, 2.24) is 20.0 Å². The van der Waals surface area contributed by atoms with Gasteiger partial charge in [-0.15, -0.1) is 0 Å². The van der Waals surface area contributed by atoms with Crippen molar-refractivity contribution in [2.24, 2.45) is 5.92 Å². The van der Waals surface area contributed by atoms with Crippen molar-refractivity contribution in [3.63, 3.8) is 0 Å². The number of hydrogen-bond acceptors (Lipinski definition) is 3. The lowest BCUT2D eigenvalue weighted by Crippen LogP contribution is -2.56. The molecule has 29 heavy (non-hydrogen) atoms. The number of hydrogen-bond donors (Lipinski definition) is 1. The number of fused-ring (bicyclic) bond motifs is 2. The predicted molar refractivity (Wildman–Crippen MR) is 105 cm³/mol. The van der Waals surface area contributed by atoms with Crippen LogP contribution in [0.3, 0.4) is 0 Å². The van der Waals surface area contributed by atoms with Crippen molar-refractivity contribution >= 4 is 11.8 Å². The molecule has 2 saturated heterocycles. The van der Waals surface area contributed by atoms with Gasteiger partial charge in [-0.1, -0.05) is 6.07 Å². The zero-order valence-electron chi connectivity index (χ0n) is 16.4. The fourth-order valence-corrected chi connectivity index (χ4v) is 5.28. The monoisotopic (exact) mass is 396 g/mol. The van der Waals surface area contributed by atoms with Gasteiger partial charge in [-0.3, -0.25) is 14.7 Å². The van der Waals surface area contributed by atoms with Crippen LogP contribution < -0.4 is 0 Å². The Morgan fingerprint density at radius 1 is 1.10 bits per heavy atom. The average molecular weight is 396 g/mol. The molecule has 152 valence electrons. The van der Waals surface area contributed by atoms with Crippen molar-refractivity contribution < 1.29 is 14.0 Å². The van der Waals surface area contributed by atoms with E-state index in [1.54, 1.807) is 12.1 Å². The minimum Gasteiger partial charge on any atom is -0.338 e. The molecule has 0 bridgehead atoms. The van der Waals surface area contributed by atoms with E-state index in [1.165, 1.54) is 12.1 Å². The zero-order valence-corrected chi connectivity index (χ0v) is 16.4. The van der Waals surface area contributed by atoms with Gasteiger partial charge < -0.3 is 9.80 Å². The number of benzene rings is 1. The van der Waals surface area contributed by atoms with E-state index in [0.29, 0.717) is 24.3 Å². The third-order valence-electron chi connectivity index (χ3n) is 6.70. The fourth-order valence-electron chi connectivity index (χ4n) is 5.28. The van der Waals surface area contributed by atoms with Crippen LogP contribution in [0.5, 0.6) is 0 Å². The minimum atomic E-state index is -0.397. The molecule has 3 aliphatic rings. The minimum absolute atomic E-state index is 0.0315. The topological polar surface area (TPSA) is 69.3 Å². The molecular formula is C22H25FN4O2. The smallest absolute Gasteiger partial charge is 0.274 e. The molecule has 1 aliphatic carbocycles. The quantitative estimate of drug-likeness (QED) is 0.849. The van der Waals surface area contributed by atoms with Crippen LogP contribution in [0.4, 0.5) is 4.39 Å². The second-order valence-corrected chi connectivity index (χ2v) is 8.40. The third-order valence-corrected chi connectivity index (χ3v) is 6.70. The lowest BCUT2D eigenvalue weighted by Gasteiger charge is -2.47. The van der Waals surface area contributed by atoms with Crippen LogP contribution in [0.25, 0.3) is 0 Å². The van der Waals surface area contributed by atoms with Gasteiger partial charge in [-0.25, -0.2) is 4.39 Å². The summed E-state index contributed by atoms with van der Waals surface area (Å²) in [6.45, 7) is 1.95.